The largest absolute Gasteiger partial charge is 0.493 e. The molecule has 28 heavy (non-hydrogen) atoms. The lowest BCUT2D eigenvalue weighted by molar-refractivity contribution is -0.137. The molecule has 0 saturated carbocycles. The van der Waals surface area contributed by atoms with E-state index in [-0.39, 0.29) is 5.91 Å². The van der Waals surface area contributed by atoms with Gasteiger partial charge < -0.3 is 19.1 Å². The Morgan fingerprint density at radius 2 is 1.64 bits per heavy atom. The molecule has 5 nitrogen and oxygen atoms in total. The molecule has 0 aliphatic rings. The monoisotopic (exact) mass is 379 g/mol. The van der Waals surface area contributed by atoms with E-state index in [4.69, 9.17) is 14.2 Å². The van der Waals surface area contributed by atoms with Gasteiger partial charge in [0.15, 0.2) is 17.6 Å². The Kier molecular flexibility index (Phi) is 6.04. The van der Waals surface area contributed by atoms with Crippen LogP contribution in [0, 0.1) is 0 Å². The summed E-state index contributed by atoms with van der Waals surface area (Å²) in [4.78, 5) is 14.4. The topological polar surface area (TPSA) is 48.0 Å². The van der Waals surface area contributed by atoms with Gasteiger partial charge in [-0.1, -0.05) is 36.4 Å². The summed E-state index contributed by atoms with van der Waals surface area (Å²) in [5.41, 5.74) is 0.950. The first-order valence-electron chi connectivity index (χ1n) is 9.13. The molecule has 146 valence electrons. The van der Waals surface area contributed by atoms with E-state index in [1.807, 2.05) is 60.7 Å². The molecule has 0 bridgehead atoms. The second-order valence-electron chi connectivity index (χ2n) is 6.65. The Labute approximate surface area is 165 Å². The highest BCUT2D eigenvalue weighted by Crippen LogP contribution is 2.28. The van der Waals surface area contributed by atoms with Crippen molar-refractivity contribution >= 4 is 16.7 Å². The van der Waals surface area contributed by atoms with E-state index < -0.39 is 6.10 Å². The highest BCUT2D eigenvalue weighted by Gasteiger charge is 2.20. The van der Waals surface area contributed by atoms with Crippen molar-refractivity contribution < 1.29 is 19.0 Å². The fourth-order valence-electron chi connectivity index (χ4n) is 3.14. The van der Waals surface area contributed by atoms with Gasteiger partial charge in [-0.3, -0.25) is 4.79 Å². The number of likely N-dealkylation sites (N-methyl/N-ethyl adjacent to an activating group) is 1. The Balaban J connectivity index is 1.66. The molecular formula is C23H25NO4. The van der Waals surface area contributed by atoms with Gasteiger partial charge in [-0.2, -0.15) is 0 Å². The van der Waals surface area contributed by atoms with E-state index in [0.717, 1.165) is 16.3 Å². The van der Waals surface area contributed by atoms with Crippen molar-refractivity contribution in [2.24, 2.45) is 0 Å². The zero-order valence-electron chi connectivity index (χ0n) is 16.6. The molecule has 0 heterocycles. The van der Waals surface area contributed by atoms with Crippen LogP contribution < -0.4 is 14.2 Å². The molecule has 0 fully saturated rings. The van der Waals surface area contributed by atoms with Crippen molar-refractivity contribution in [3.05, 3.63) is 66.2 Å². The average molecular weight is 379 g/mol. The normalized spacial score (nSPS) is 11.7. The third kappa shape index (κ3) is 4.36. The number of methoxy groups -OCH3 is 2. The summed E-state index contributed by atoms with van der Waals surface area (Å²) in [6, 6.07) is 19.5. The number of carbonyl (C=O) groups excluding carboxylic acids is 1. The molecule has 3 aromatic rings. The zero-order chi connectivity index (χ0) is 20.1. The number of rotatable bonds is 7. The van der Waals surface area contributed by atoms with E-state index in [2.05, 4.69) is 0 Å². The van der Waals surface area contributed by atoms with E-state index >= 15 is 0 Å². The average Bonchev–Trinajstić information content (AvgIpc) is 2.72. The Hall–Kier alpha value is -3.21. The molecule has 1 atom stereocenters. The van der Waals surface area contributed by atoms with Crippen LogP contribution in [0.3, 0.4) is 0 Å². The van der Waals surface area contributed by atoms with Crippen molar-refractivity contribution in [1.82, 2.24) is 4.90 Å². The molecule has 1 amide bonds. The second kappa shape index (κ2) is 8.65. The quantitative estimate of drug-likeness (QED) is 0.615. The summed E-state index contributed by atoms with van der Waals surface area (Å²) in [6.45, 7) is 2.22. The lowest BCUT2D eigenvalue weighted by atomic mass is 10.1. The molecule has 1 unspecified atom stereocenters. The van der Waals surface area contributed by atoms with Crippen LogP contribution in [0.1, 0.15) is 12.5 Å². The Bertz CT molecular complexity index is 970. The lowest BCUT2D eigenvalue weighted by Crippen LogP contribution is -2.37. The van der Waals surface area contributed by atoms with Crippen molar-refractivity contribution in [1.29, 1.82) is 0 Å². The molecule has 0 aliphatic carbocycles. The standard InChI is InChI=1S/C23H25NO4/c1-16(28-20-11-10-18-7-5-6-8-19(18)14-20)23(25)24(2)15-17-9-12-21(26-3)22(13-17)27-4/h5-14,16H,15H2,1-4H3. The van der Waals surface area contributed by atoms with Gasteiger partial charge in [-0.15, -0.1) is 0 Å². The Morgan fingerprint density at radius 3 is 2.36 bits per heavy atom. The molecule has 0 radical (unpaired) electrons. The number of ether oxygens (including phenoxy) is 3. The molecule has 0 N–H and O–H groups in total. The number of carbonyl (C=O) groups is 1. The van der Waals surface area contributed by atoms with Crippen LogP contribution >= 0.6 is 0 Å². The maximum Gasteiger partial charge on any atom is 0.263 e. The summed E-state index contributed by atoms with van der Waals surface area (Å²) in [5.74, 6) is 1.89. The number of fused-ring (bicyclic) bond motifs is 1. The van der Waals surface area contributed by atoms with E-state index in [9.17, 15) is 4.79 Å². The van der Waals surface area contributed by atoms with Crippen LogP contribution in [0.25, 0.3) is 10.8 Å². The first kappa shape index (κ1) is 19.5. The summed E-state index contributed by atoms with van der Waals surface area (Å²) in [5, 5.41) is 2.22. The molecular weight excluding hydrogens is 354 g/mol. The van der Waals surface area contributed by atoms with Gasteiger partial charge in [0.2, 0.25) is 0 Å². The molecule has 0 aromatic heterocycles. The third-order valence-corrected chi connectivity index (χ3v) is 4.63. The summed E-state index contributed by atoms with van der Waals surface area (Å²) >= 11 is 0. The molecule has 5 heteroatoms. The highest BCUT2D eigenvalue weighted by molar-refractivity contribution is 5.84. The molecule has 0 saturated heterocycles. The summed E-state index contributed by atoms with van der Waals surface area (Å²) in [7, 11) is 4.95. The highest BCUT2D eigenvalue weighted by atomic mass is 16.5. The van der Waals surface area contributed by atoms with Gasteiger partial charge in [-0.05, 0) is 47.5 Å². The molecule has 3 aromatic carbocycles. The SMILES string of the molecule is COc1ccc(CN(C)C(=O)C(C)Oc2ccc3ccccc3c2)cc1OC. The predicted octanol–water partition coefficient (Wildman–Crippen LogP) is 4.28. The van der Waals surface area contributed by atoms with Crippen LogP contribution in [0.4, 0.5) is 0 Å². The van der Waals surface area contributed by atoms with Crippen LogP contribution in [0.15, 0.2) is 60.7 Å². The minimum absolute atomic E-state index is 0.0945. The van der Waals surface area contributed by atoms with Crippen LogP contribution in [-0.4, -0.2) is 38.2 Å². The number of benzene rings is 3. The van der Waals surface area contributed by atoms with E-state index in [0.29, 0.717) is 23.8 Å². The lowest BCUT2D eigenvalue weighted by Gasteiger charge is -2.23. The van der Waals surface area contributed by atoms with Crippen LogP contribution in [0.2, 0.25) is 0 Å². The van der Waals surface area contributed by atoms with Gasteiger partial charge in [0.05, 0.1) is 14.2 Å². The van der Waals surface area contributed by atoms with Crippen molar-refractivity contribution in [2.75, 3.05) is 21.3 Å². The second-order valence-corrected chi connectivity index (χ2v) is 6.65. The van der Waals surface area contributed by atoms with Crippen LogP contribution in [0.5, 0.6) is 17.2 Å². The molecule has 0 spiro atoms. The summed E-state index contributed by atoms with van der Waals surface area (Å²) in [6.07, 6.45) is -0.591. The van der Waals surface area contributed by atoms with Gasteiger partial charge in [-0.25, -0.2) is 0 Å². The first-order chi connectivity index (χ1) is 13.5. The minimum Gasteiger partial charge on any atom is -0.493 e. The van der Waals surface area contributed by atoms with E-state index in [1.165, 1.54) is 0 Å². The van der Waals surface area contributed by atoms with Gasteiger partial charge in [0.1, 0.15) is 5.75 Å². The predicted molar refractivity (Wildman–Crippen MR) is 110 cm³/mol. The fourth-order valence-corrected chi connectivity index (χ4v) is 3.14. The maximum absolute atomic E-state index is 12.7. The van der Waals surface area contributed by atoms with Gasteiger partial charge in [0.25, 0.3) is 5.91 Å². The smallest absolute Gasteiger partial charge is 0.263 e. The number of nitrogens with zero attached hydrogens (tertiary/aromatic N) is 1. The zero-order valence-corrected chi connectivity index (χ0v) is 16.6. The van der Waals surface area contributed by atoms with Crippen LogP contribution in [-0.2, 0) is 11.3 Å². The van der Waals surface area contributed by atoms with Crippen molar-refractivity contribution in [2.45, 2.75) is 19.6 Å². The number of hydrogen-bond donors (Lipinski definition) is 0. The maximum atomic E-state index is 12.7. The summed E-state index contributed by atoms with van der Waals surface area (Å²) < 4.78 is 16.5. The van der Waals surface area contributed by atoms with Crippen molar-refractivity contribution in [3.8, 4) is 17.2 Å². The molecule has 3 rings (SSSR count). The number of hydrogen-bond acceptors (Lipinski definition) is 4. The number of amides is 1. The van der Waals surface area contributed by atoms with Gasteiger partial charge in [0, 0.05) is 13.6 Å². The Morgan fingerprint density at radius 1 is 0.929 bits per heavy atom. The fraction of sp³-hybridized carbons (Fsp3) is 0.261. The van der Waals surface area contributed by atoms with Gasteiger partial charge >= 0.3 is 0 Å². The van der Waals surface area contributed by atoms with E-state index in [1.54, 1.807) is 33.1 Å². The minimum atomic E-state index is -0.591. The third-order valence-electron chi connectivity index (χ3n) is 4.63. The van der Waals surface area contributed by atoms with Crippen molar-refractivity contribution in [3.63, 3.8) is 0 Å². The molecule has 0 aliphatic heterocycles. The first-order valence-corrected chi connectivity index (χ1v) is 9.13.